The van der Waals surface area contributed by atoms with Gasteiger partial charge in [0.05, 0.1) is 18.0 Å². The Bertz CT molecular complexity index is 1420. The molecule has 4 amide bonds. The van der Waals surface area contributed by atoms with Crippen LogP contribution in [0.1, 0.15) is 10.4 Å². The molecule has 1 aromatic heterocycles. The molecule has 1 aliphatic rings. The number of aldehydes is 1. The molecule has 184 valence electrons. The highest BCUT2D eigenvalue weighted by atomic mass is 16.3. The van der Waals surface area contributed by atoms with Gasteiger partial charge in [-0.05, 0) is 48.5 Å². The number of hydrazine groups is 1. The van der Waals surface area contributed by atoms with Crippen molar-refractivity contribution in [3.63, 3.8) is 0 Å². The number of aliphatic hydroxyl groups is 1. The summed E-state index contributed by atoms with van der Waals surface area (Å²) >= 11 is 0. The van der Waals surface area contributed by atoms with Crippen molar-refractivity contribution in [1.82, 2.24) is 15.2 Å². The lowest BCUT2D eigenvalue weighted by molar-refractivity contribution is -0.132. The monoisotopic (exact) mass is 494 g/mol. The lowest BCUT2D eigenvalue weighted by atomic mass is 10.1. The molecule has 4 rings (SSSR count). The molecule has 0 aliphatic carbocycles. The van der Waals surface area contributed by atoms with Crippen molar-refractivity contribution in [3.05, 3.63) is 64.4 Å². The number of hydrogen-bond acceptors (Lipinski definition) is 8. The number of carbonyl (C=O) groups is 5. The Morgan fingerprint density at radius 2 is 1.44 bits per heavy atom. The van der Waals surface area contributed by atoms with Crippen LogP contribution in [-0.4, -0.2) is 56.5 Å². The van der Waals surface area contributed by atoms with E-state index in [4.69, 9.17) is 5.11 Å². The number of nitrogens with zero attached hydrogens (tertiary/aromatic N) is 2. The lowest BCUT2D eigenvalue weighted by Gasteiger charge is -2.16. The summed E-state index contributed by atoms with van der Waals surface area (Å²) in [6.45, 7) is -0.622. The van der Waals surface area contributed by atoms with Crippen LogP contribution in [0.3, 0.4) is 0 Å². The topological polar surface area (TPSA) is 203 Å². The van der Waals surface area contributed by atoms with E-state index in [-0.39, 0.29) is 17.7 Å². The van der Waals surface area contributed by atoms with E-state index in [9.17, 15) is 33.9 Å². The standard InChI is InChI=1S/C22H18N6O8/c29-9-15-17(31)25-27(21(15)35)13-5-1-11(2-6-13)23-19(33)20(34)24-12-3-7-14(8-4-12)28-22(36)16(10-30)18(32)26-28/h1-9,16,30,35H,10H2,(H,23,33)(H,24,34)(H,25,31)(H,26,32). The van der Waals surface area contributed by atoms with Gasteiger partial charge in [0, 0.05) is 11.4 Å². The average Bonchev–Trinajstić information content (AvgIpc) is 3.32. The second-order valence-electron chi connectivity index (χ2n) is 7.52. The van der Waals surface area contributed by atoms with Crippen molar-refractivity contribution < 1.29 is 34.2 Å². The highest BCUT2D eigenvalue weighted by Crippen LogP contribution is 2.22. The van der Waals surface area contributed by atoms with Crippen LogP contribution in [0.4, 0.5) is 17.1 Å². The summed E-state index contributed by atoms with van der Waals surface area (Å²) in [4.78, 5) is 70.8. The lowest BCUT2D eigenvalue weighted by Crippen LogP contribution is -2.35. The number of hydrogen-bond donors (Lipinski definition) is 6. The molecule has 6 N–H and O–H groups in total. The molecule has 1 fully saturated rings. The third-order valence-electron chi connectivity index (χ3n) is 5.24. The number of aromatic nitrogens is 2. The molecule has 1 atom stereocenters. The first kappa shape index (κ1) is 23.9. The van der Waals surface area contributed by atoms with E-state index < -0.39 is 53.2 Å². The van der Waals surface area contributed by atoms with Crippen LogP contribution in [0, 0.1) is 5.92 Å². The fraction of sp³-hybridized carbons (Fsp3) is 0.0909. The molecule has 2 aromatic carbocycles. The van der Waals surface area contributed by atoms with Gasteiger partial charge in [-0.15, -0.1) is 0 Å². The Labute approximate surface area is 201 Å². The zero-order chi connectivity index (χ0) is 26.0. The van der Waals surface area contributed by atoms with Crippen molar-refractivity contribution in [3.8, 4) is 11.6 Å². The van der Waals surface area contributed by atoms with Crippen LogP contribution in [0.5, 0.6) is 5.88 Å². The van der Waals surface area contributed by atoms with E-state index in [0.29, 0.717) is 11.4 Å². The van der Waals surface area contributed by atoms with Crippen LogP contribution in [-0.2, 0) is 19.2 Å². The molecular formula is C22H18N6O8. The largest absolute Gasteiger partial charge is 0.493 e. The highest BCUT2D eigenvalue weighted by Gasteiger charge is 2.39. The number of aromatic hydroxyl groups is 1. The van der Waals surface area contributed by atoms with E-state index >= 15 is 0 Å². The summed E-state index contributed by atoms with van der Waals surface area (Å²) in [5.41, 5.74) is 2.20. The fourth-order valence-electron chi connectivity index (χ4n) is 3.36. The van der Waals surface area contributed by atoms with Gasteiger partial charge in [0.1, 0.15) is 11.5 Å². The maximum Gasteiger partial charge on any atom is 0.314 e. The van der Waals surface area contributed by atoms with Gasteiger partial charge in [0.2, 0.25) is 5.88 Å². The van der Waals surface area contributed by atoms with Gasteiger partial charge in [-0.3, -0.25) is 39.3 Å². The van der Waals surface area contributed by atoms with E-state index in [0.717, 1.165) is 9.69 Å². The van der Waals surface area contributed by atoms with Gasteiger partial charge in [0.15, 0.2) is 6.29 Å². The zero-order valence-corrected chi connectivity index (χ0v) is 18.2. The van der Waals surface area contributed by atoms with Gasteiger partial charge >= 0.3 is 11.8 Å². The molecule has 1 saturated heterocycles. The van der Waals surface area contributed by atoms with Crippen molar-refractivity contribution in [1.29, 1.82) is 0 Å². The molecule has 0 bridgehead atoms. The fourth-order valence-corrected chi connectivity index (χ4v) is 3.36. The van der Waals surface area contributed by atoms with Crippen LogP contribution < -0.4 is 26.6 Å². The van der Waals surface area contributed by atoms with Gasteiger partial charge < -0.3 is 20.8 Å². The minimum Gasteiger partial charge on any atom is -0.493 e. The van der Waals surface area contributed by atoms with E-state index in [1.807, 2.05) is 0 Å². The summed E-state index contributed by atoms with van der Waals surface area (Å²) in [6.07, 6.45) is 0.224. The second kappa shape index (κ2) is 9.55. The predicted molar refractivity (Wildman–Crippen MR) is 123 cm³/mol. The molecule has 0 saturated carbocycles. The Kier molecular flexibility index (Phi) is 6.34. The highest BCUT2D eigenvalue weighted by molar-refractivity contribution is 6.43. The Balaban J connectivity index is 1.37. The number of rotatable bonds is 6. The van der Waals surface area contributed by atoms with Crippen LogP contribution in [0.25, 0.3) is 5.69 Å². The van der Waals surface area contributed by atoms with Gasteiger partial charge in [-0.2, -0.15) is 0 Å². The van der Waals surface area contributed by atoms with Gasteiger partial charge in [0.25, 0.3) is 17.4 Å². The summed E-state index contributed by atoms with van der Waals surface area (Å²) in [5, 5.41) is 27.1. The van der Waals surface area contributed by atoms with E-state index in [1.54, 1.807) is 0 Å². The number of nitrogens with one attached hydrogen (secondary N) is 4. The normalized spacial score (nSPS) is 14.9. The minimum atomic E-state index is -1.19. The molecule has 3 aromatic rings. The van der Waals surface area contributed by atoms with Crippen molar-refractivity contribution in [2.75, 3.05) is 22.2 Å². The first-order chi connectivity index (χ1) is 17.2. The summed E-state index contributed by atoms with van der Waals surface area (Å²) < 4.78 is 0.985. The summed E-state index contributed by atoms with van der Waals surface area (Å²) in [7, 11) is 0. The van der Waals surface area contributed by atoms with Crippen molar-refractivity contribution in [2.24, 2.45) is 5.92 Å². The molecule has 36 heavy (non-hydrogen) atoms. The minimum absolute atomic E-state index is 0.224. The smallest absolute Gasteiger partial charge is 0.314 e. The van der Waals surface area contributed by atoms with E-state index in [2.05, 4.69) is 21.2 Å². The number of aromatic amines is 1. The first-order valence-electron chi connectivity index (χ1n) is 10.3. The van der Waals surface area contributed by atoms with Gasteiger partial charge in [-0.1, -0.05) is 0 Å². The predicted octanol–water partition coefficient (Wildman–Crippen LogP) is -0.753. The molecule has 2 heterocycles. The zero-order valence-electron chi connectivity index (χ0n) is 18.2. The number of carbonyl (C=O) groups excluding carboxylic acids is 5. The van der Waals surface area contributed by atoms with Crippen LogP contribution >= 0.6 is 0 Å². The summed E-state index contributed by atoms with van der Waals surface area (Å²) in [5.74, 6) is -4.98. The number of anilines is 3. The molecule has 1 aliphatic heterocycles. The molecule has 0 radical (unpaired) electrons. The Morgan fingerprint density at radius 3 is 1.89 bits per heavy atom. The third-order valence-corrected chi connectivity index (χ3v) is 5.24. The molecule has 14 nitrogen and oxygen atoms in total. The van der Waals surface area contributed by atoms with Crippen LogP contribution in [0.2, 0.25) is 0 Å². The molecular weight excluding hydrogens is 476 g/mol. The quantitative estimate of drug-likeness (QED) is 0.146. The Hall–Kier alpha value is -5.24. The number of amides is 4. The Morgan fingerprint density at radius 1 is 0.917 bits per heavy atom. The maximum absolute atomic E-state index is 12.3. The average molecular weight is 494 g/mol. The maximum atomic E-state index is 12.3. The molecule has 1 unspecified atom stereocenters. The number of H-pyrrole nitrogens is 1. The number of aliphatic hydroxyl groups excluding tert-OH is 1. The van der Waals surface area contributed by atoms with Gasteiger partial charge in [-0.25, -0.2) is 9.69 Å². The van der Waals surface area contributed by atoms with Crippen molar-refractivity contribution >= 4 is 47.0 Å². The third kappa shape index (κ3) is 4.43. The van der Waals surface area contributed by atoms with Crippen molar-refractivity contribution in [2.45, 2.75) is 0 Å². The number of benzene rings is 2. The molecule has 14 heteroatoms. The molecule has 0 spiro atoms. The summed E-state index contributed by atoms with van der Waals surface area (Å²) in [6, 6.07) is 11.4. The van der Waals surface area contributed by atoms with Crippen LogP contribution in [0.15, 0.2) is 53.3 Å². The van der Waals surface area contributed by atoms with E-state index in [1.165, 1.54) is 48.5 Å². The SMILES string of the molecule is O=Cc1c(O)n(-c2ccc(NC(=O)C(=O)Nc3ccc(N4NC(=O)C(CO)C4=O)cc3)cc2)[nH]c1=O. The second-order valence-corrected chi connectivity index (χ2v) is 7.52. The first-order valence-corrected chi connectivity index (χ1v) is 10.3.